The Balaban J connectivity index is 2.81. The van der Waals surface area contributed by atoms with Gasteiger partial charge in [-0.05, 0) is 12.5 Å². The number of aryl methyl sites for hydroxylation is 2. The van der Waals surface area contributed by atoms with Gasteiger partial charge in [-0.25, -0.2) is 4.98 Å². The molecule has 0 fully saturated rings. The van der Waals surface area contributed by atoms with E-state index in [2.05, 4.69) is 17.0 Å². The van der Waals surface area contributed by atoms with Crippen LogP contribution in [0.25, 0.3) is 11.0 Å². The minimum atomic E-state index is 0.690. The summed E-state index contributed by atoms with van der Waals surface area (Å²) in [7, 11) is 1.89. The molecule has 2 aromatic heterocycles. The molecule has 0 amide bonds. The topological polar surface area (TPSA) is 56.7 Å². The smallest absolute Gasteiger partial charge is 0.157 e. The number of anilines is 1. The summed E-state index contributed by atoms with van der Waals surface area (Å²) in [5.41, 5.74) is 8.29. The third-order valence-corrected chi connectivity index (χ3v) is 2.11. The molecule has 0 saturated carbocycles. The number of pyridine rings is 1. The Morgan fingerprint density at radius 1 is 1.54 bits per heavy atom. The van der Waals surface area contributed by atoms with Gasteiger partial charge in [0.25, 0.3) is 0 Å². The molecule has 0 aliphatic carbocycles. The fourth-order valence-electron chi connectivity index (χ4n) is 1.49. The minimum absolute atomic E-state index is 0.690. The lowest BCUT2D eigenvalue weighted by Gasteiger charge is -1.94. The molecule has 2 heterocycles. The molecule has 13 heavy (non-hydrogen) atoms. The Hall–Kier alpha value is -1.58. The first-order valence-corrected chi connectivity index (χ1v) is 4.29. The number of hydrogen-bond donors (Lipinski definition) is 1. The maximum absolute atomic E-state index is 5.66. The van der Waals surface area contributed by atoms with Gasteiger partial charge in [-0.1, -0.05) is 6.92 Å². The molecule has 2 aromatic rings. The molecular formula is C9H12N4. The Kier molecular flexibility index (Phi) is 1.69. The summed E-state index contributed by atoms with van der Waals surface area (Å²) in [5, 5.41) is 5.41. The summed E-state index contributed by atoms with van der Waals surface area (Å²) >= 11 is 0. The molecule has 0 aliphatic heterocycles. The third kappa shape index (κ3) is 1.14. The Morgan fingerprint density at radius 2 is 2.31 bits per heavy atom. The average molecular weight is 176 g/mol. The number of nitrogen functional groups attached to an aromatic ring is 1. The van der Waals surface area contributed by atoms with Crippen LogP contribution in [0, 0.1) is 0 Å². The first-order valence-electron chi connectivity index (χ1n) is 4.29. The molecule has 0 aromatic carbocycles. The standard InChI is InChI=1S/C9H12N4/c1-3-8-7-4-6(10)5-11-9(7)13(2)12-8/h4-5H,3,10H2,1-2H3. The van der Waals surface area contributed by atoms with Crippen LogP contribution in [0.15, 0.2) is 12.3 Å². The number of aromatic nitrogens is 3. The fourth-order valence-corrected chi connectivity index (χ4v) is 1.49. The lowest BCUT2D eigenvalue weighted by atomic mass is 10.2. The van der Waals surface area contributed by atoms with Crippen LogP contribution in [0.1, 0.15) is 12.6 Å². The number of nitrogens with two attached hydrogens (primary N) is 1. The van der Waals surface area contributed by atoms with Crippen molar-refractivity contribution in [2.75, 3.05) is 5.73 Å². The van der Waals surface area contributed by atoms with Gasteiger partial charge in [0, 0.05) is 12.4 Å². The monoisotopic (exact) mass is 176 g/mol. The Labute approximate surface area is 76.4 Å². The van der Waals surface area contributed by atoms with Crippen molar-refractivity contribution in [1.29, 1.82) is 0 Å². The van der Waals surface area contributed by atoms with Crippen molar-refractivity contribution in [2.24, 2.45) is 7.05 Å². The quantitative estimate of drug-likeness (QED) is 0.708. The number of fused-ring (bicyclic) bond motifs is 1. The van der Waals surface area contributed by atoms with Crippen molar-refractivity contribution in [1.82, 2.24) is 14.8 Å². The van der Waals surface area contributed by atoms with Crippen molar-refractivity contribution in [3.8, 4) is 0 Å². The van der Waals surface area contributed by atoms with E-state index in [1.807, 2.05) is 13.1 Å². The average Bonchev–Trinajstić information content (AvgIpc) is 2.42. The lowest BCUT2D eigenvalue weighted by Crippen LogP contribution is -1.92. The predicted octanol–water partition coefficient (Wildman–Crippen LogP) is 1.11. The van der Waals surface area contributed by atoms with Gasteiger partial charge in [-0.3, -0.25) is 4.68 Å². The first-order chi connectivity index (χ1) is 6.22. The van der Waals surface area contributed by atoms with Crippen LogP contribution >= 0.6 is 0 Å². The molecule has 0 saturated heterocycles. The molecule has 2 N–H and O–H groups in total. The largest absolute Gasteiger partial charge is 0.397 e. The Bertz CT molecular complexity index is 444. The number of hydrogen-bond acceptors (Lipinski definition) is 3. The van der Waals surface area contributed by atoms with Crippen molar-refractivity contribution in [2.45, 2.75) is 13.3 Å². The second-order valence-corrected chi connectivity index (χ2v) is 3.06. The second-order valence-electron chi connectivity index (χ2n) is 3.06. The van der Waals surface area contributed by atoms with Gasteiger partial charge in [0.2, 0.25) is 0 Å². The van der Waals surface area contributed by atoms with E-state index in [1.165, 1.54) is 0 Å². The zero-order chi connectivity index (χ0) is 9.42. The molecule has 4 nitrogen and oxygen atoms in total. The van der Waals surface area contributed by atoms with E-state index in [4.69, 9.17) is 5.73 Å². The van der Waals surface area contributed by atoms with Crippen LogP contribution in [0.5, 0.6) is 0 Å². The van der Waals surface area contributed by atoms with Crippen molar-refractivity contribution in [3.05, 3.63) is 18.0 Å². The van der Waals surface area contributed by atoms with Gasteiger partial charge < -0.3 is 5.73 Å². The summed E-state index contributed by atoms with van der Waals surface area (Å²) in [4.78, 5) is 4.22. The Morgan fingerprint density at radius 3 is 3.00 bits per heavy atom. The maximum Gasteiger partial charge on any atom is 0.157 e. The molecule has 68 valence electrons. The maximum atomic E-state index is 5.66. The van der Waals surface area contributed by atoms with Crippen LogP contribution in [-0.4, -0.2) is 14.8 Å². The molecule has 0 bridgehead atoms. The number of nitrogens with zero attached hydrogens (tertiary/aromatic N) is 3. The summed E-state index contributed by atoms with van der Waals surface area (Å²) in [5.74, 6) is 0. The normalized spacial score (nSPS) is 10.9. The van der Waals surface area contributed by atoms with Crippen molar-refractivity contribution >= 4 is 16.7 Å². The summed E-state index contributed by atoms with van der Waals surface area (Å²) in [6.45, 7) is 2.07. The zero-order valence-electron chi connectivity index (χ0n) is 7.78. The van der Waals surface area contributed by atoms with Crippen LogP contribution in [0.2, 0.25) is 0 Å². The molecule has 0 aliphatic rings. The van der Waals surface area contributed by atoms with E-state index in [-0.39, 0.29) is 0 Å². The van der Waals surface area contributed by atoms with Gasteiger partial charge in [-0.2, -0.15) is 5.10 Å². The third-order valence-electron chi connectivity index (χ3n) is 2.11. The van der Waals surface area contributed by atoms with Gasteiger partial charge >= 0.3 is 0 Å². The molecule has 2 rings (SSSR count). The highest BCUT2D eigenvalue weighted by molar-refractivity contribution is 5.81. The van der Waals surface area contributed by atoms with Gasteiger partial charge in [0.15, 0.2) is 5.65 Å². The minimum Gasteiger partial charge on any atom is -0.397 e. The predicted molar refractivity (Wildman–Crippen MR) is 52.3 cm³/mol. The zero-order valence-corrected chi connectivity index (χ0v) is 7.78. The van der Waals surface area contributed by atoms with E-state index in [0.29, 0.717) is 5.69 Å². The van der Waals surface area contributed by atoms with Gasteiger partial charge in [0.05, 0.1) is 17.6 Å². The summed E-state index contributed by atoms with van der Waals surface area (Å²) in [6, 6.07) is 1.92. The summed E-state index contributed by atoms with van der Waals surface area (Å²) < 4.78 is 1.79. The highest BCUT2D eigenvalue weighted by atomic mass is 15.3. The second kappa shape index (κ2) is 2.73. The van der Waals surface area contributed by atoms with Gasteiger partial charge in [-0.15, -0.1) is 0 Å². The fraction of sp³-hybridized carbons (Fsp3) is 0.333. The molecule has 0 spiro atoms. The lowest BCUT2D eigenvalue weighted by molar-refractivity contribution is 0.762. The first kappa shape index (κ1) is 8.04. The highest BCUT2D eigenvalue weighted by Crippen LogP contribution is 2.18. The van der Waals surface area contributed by atoms with Crippen LogP contribution in [0.3, 0.4) is 0 Å². The van der Waals surface area contributed by atoms with E-state index >= 15 is 0 Å². The number of rotatable bonds is 1. The van der Waals surface area contributed by atoms with Gasteiger partial charge in [0.1, 0.15) is 0 Å². The van der Waals surface area contributed by atoms with Crippen LogP contribution < -0.4 is 5.73 Å². The molecule has 0 radical (unpaired) electrons. The molecule has 0 atom stereocenters. The molecule has 4 heteroatoms. The van der Waals surface area contributed by atoms with E-state index in [1.54, 1.807) is 10.9 Å². The molecular weight excluding hydrogens is 164 g/mol. The highest BCUT2D eigenvalue weighted by Gasteiger charge is 2.07. The summed E-state index contributed by atoms with van der Waals surface area (Å²) in [6.07, 6.45) is 2.56. The van der Waals surface area contributed by atoms with E-state index in [0.717, 1.165) is 23.1 Å². The van der Waals surface area contributed by atoms with Crippen LogP contribution in [0.4, 0.5) is 5.69 Å². The molecule has 0 unspecified atom stereocenters. The SMILES string of the molecule is CCc1nn(C)c2ncc(N)cc12. The van der Waals surface area contributed by atoms with E-state index in [9.17, 15) is 0 Å². The van der Waals surface area contributed by atoms with Crippen molar-refractivity contribution < 1.29 is 0 Å². The van der Waals surface area contributed by atoms with Crippen LogP contribution in [-0.2, 0) is 13.5 Å². The van der Waals surface area contributed by atoms with E-state index < -0.39 is 0 Å². The van der Waals surface area contributed by atoms with Crippen molar-refractivity contribution in [3.63, 3.8) is 0 Å².